The van der Waals surface area contributed by atoms with E-state index in [1.807, 2.05) is 18.2 Å². The number of carboxylic acids is 1. The molecule has 0 saturated heterocycles. The molecule has 2 N–H and O–H groups in total. The van der Waals surface area contributed by atoms with Crippen LogP contribution in [0.2, 0.25) is 0 Å². The fourth-order valence-electron chi connectivity index (χ4n) is 2.11. The maximum atomic E-state index is 12.0. The molecule has 0 fully saturated rings. The second-order valence-corrected chi connectivity index (χ2v) is 5.10. The number of carbonyl (C=O) groups is 2. The molecule has 0 aliphatic rings. The van der Waals surface area contributed by atoms with Gasteiger partial charge in [-0.2, -0.15) is 5.10 Å². The summed E-state index contributed by atoms with van der Waals surface area (Å²) < 4.78 is 10.5. The Labute approximate surface area is 142 Å². The van der Waals surface area contributed by atoms with E-state index >= 15 is 0 Å². The SMILES string of the molecule is O=C(O)COc1ccc(/C=N\NC(=O)c2cc3ccccc3o2)cc1. The summed E-state index contributed by atoms with van der Waals surface area (Å²) in [5, 5.41) is 13.3. The second kappa shape index (κ2) is 7.31. The molecule has 7 heteroatoms. The fourth-order valence-corrected chi connectivity index (χ4v) is 2.11. The number of amides is 1. The molecule has 25 heavy (non-hydrogen) atoms. The number of ether oxygens (including phenoxy) is 1. The molecule has 0 atom stereocenters. The van der Waals surface area contributed by atoms with E-state index in [0.717, 1.165) is 5.39 Å². The van der Waals surface area contributed by atoms with Crippen molar-refractivity contribution in [1.82, 2.24) is 5.43 Å². The summed E-state index contributed by atoms with van der Waals surface area (Å²) in [7, 11) is 0. The van der Waals surface area contributed by atoms with Gasteiger partial charge in [0.15, 0.2) is 12.4 Å². The van der Waals surface area contributed by atoms with Crippen LogP contribution in [0.3, 0.4) is 0 Å². The maximum absolute atomic E-state index is 12.0. The number of hydrogen-bond acceptors (Lipinski definition) is 5. The molecule has 0 bridgehead atoms. The van der Waals surface area contributed by atoms with E-state index < -0.39 is 18.5 Å². The first-order chi connectivity index (χ1) is 12.1. The minimum Gasteiger partial charge on any atom is -0.482 e. The van der Waals surface area contributed by atoms with Crippen molar-refractivity contribution < 1.29 is 23.8 Å². The molecule has 0 unspecified atom stereocenters. The van der Waals surface area contributed by atoms with Crippen LogP contribution < -0.4 is 10.2 Å². The number of rotatable bonds is 6. The summed E-state index contributed by atoms with van der Waals surface area (Å²) in [6.45, 7) is -0.402. The van der Waals surface area contributed by atoms with Crippen LogP contribution in [0.1, 0.15) is 16.1 Å². The molecule has 1 aromatic heterocycles. The maximum Gasteiger partial charge on any atom is 0.341 e. The van der Waals surface area contributed by atoms with Crippen molar-refractivity contribution in [3.8, 4) is 5.75 Å². The third-order valence-corrected chi connectivity index (χ3v) is 3.27. The smallest absolute Gasteiger partial charge is 0.341 e. The molecule has 2 aromatic carbocycles. The van der Waals surface area contributed by atoms with Gasteiger partial charge in [0, 0.05) is 5.39 Å². The van der Waals surface area contributed by atoms with Crippen LogP contribution >= 0.6 is 0 Å². The largest absolute Gasteiger partial charge is 0.482 e. The van der Waals surface area contributed by atoms with E-state index in [-0.39, 0.29) is 5.76 Å². The first kappa shape index (κ1) is 16.3. The fraction of sp³-hybridized carbons (Fsp3) is 0.0556. The van der Waals surface area contributed by atoms with Crippen LogP contribution in [-0.4, -0.2) is 29.8 Å². The van der Waals surface area contributed by atoms with E-state index in [4.69, 9.17) is 14.3 Å². The molecule has 1 amide bonds. The zero-order valence-electron chi connectivity index (χ0n) is 13.0. The molecular formula is C18H14N2O5. The minimum absolute atomic E-state index is 0.177. The van der Waals surface area contributed by atoms with Gasteiger partial charge in [0.05, 0.1) is 6.21 Å². The molecule has 3 rings (SSSR count). The molecule has 3 aromatic rings. The second-order valence-electron chi connectivity index (χ2n) is 5.10. The monoisotopic (exact) mass is 338 g/mol. The molecule has 7 nitrogen and oxygen atoms in total. The summed E-state index contributed by atoms with van der Waals surface area (Å²) in [4.78, 5) is 22.4. The van der Waals surface area contributed by atoms with Crippen LogP contribution in [0.25, 0.3) is 11.0 Å². The van der Waals surface area contributed by atoms with Gasteiger partial charge in [-0.1, -0.05) is 18.2 Å². The molecule has 126 valence electrons. The Balaban J connectivity index is 1.58. The highest BCUT2D eigenvalue weighted by Crippen LogP contribution is 2.18. The Bertz CT molecular complexity index is 895. The van der Waals surface area contributed by atoms with Gasteiger partial charge in [0.2, 0.25) is 0 Å². The third kappa shape index (κ3) is 4.23. The van der Waals surface area contributed by atoms with Crippen molar-refractivity contribution in [2.24, 2.45) is 5.10 Å². The first-order valence-electron chi connectivity index (χ1n) is 7.38. The van der Waals surface area contributed by atoms with E-state index in [1.54, 1.807) is 36.4 Å². The summed E-state index contributed by atoms with van der Waals surface area (Å²) >= 11 is 0. The quantitative estimate of drug-likeness (QED) is 0.531. The number of carboxylic acid groups (broad SMARTS) is 1. The van der Waals surface area contributed by atoms with E-state index in [2.05, 4.69) is 10.5 Å². The Kier molecular flexibility index (Phi) is 4.75. The lowest BCUT2D eigenvalue weighted by molar-refractivity contribution is -0.139. The van der Waals surface area contributed by atoms with Gasteiger partial charge in [0.25, 0.3) is 0 Å². The lowest BCUT2D eigenvalue weighted by Gasteiger charge is -2.02. The molecule has 0 saturated carbocycles. The van der Waals surface area contributed by atoms with Crippen molar-refractivity contribution >= 4 is 29.1 Å². The molecule has 1 heterocycles. The highest BCUT2D eigenvalue weighted by atomic mass is 16.5. The summed E-state index contributed by atoms with van der Waals surface area (Å²) in [5.41, 5.74) is 3.74. The number of fused-ring (bicyclic) bond motifs is 1. The number of para-hydroxylation sites is 1. The van der Waals surface area contributed by atoms with Crippen molar-refractivity contribution in [3.05, 3.63) is 65.9 Å². The zero-order chi connectivity index (χ0) is 17.6. The highest BCUT2D eigenvalue weighted by molar-refractivity contribution is 5.96. The van der Waals surface area contributed by atoms with Crippen molar-refractivity contribution in [2.45, 2.75) is 0 Å². The lowest BCUT2D eigenvalue weighted by atomic mass is 10.2. The van der Waals surface area contributed by atoms with Gasteiger partial charge in [-0.05, 0) is 42.0 Å². The normalized spacial score (nSPS) is 10.9. The number of carbonyl (C=O) groups excluding carboxylic acids is 1. The first-order valence-corrected chi connectivity index (χ1v) is 7.38. The molecule has 0 radical (unpaired) electrons. The Hall–Kier alpha value is -3.61. The van der Waals surface area contributed by atoms with Crippen LogP contribution in [0.5, 0.6) is 5.75 Å². The number of hydrazone groups is 1. The van der Waals surface area contributed by atoms with E-state index in [9.17, 15) is 9.59 Å². The standard InChI is InChI=1S/C18H14N2O5/c21-17(22)11-24-14-7-5-12(6-8-14)10-19-20-18(23)16-9-13-3-1-2-4-15(13)25-16/h1-10H,11H2,(H,20,23)(H,21,22)/b19-10-. The van der Waals surface area contributed by atoms with Gasteiger partial charge in [-0.15, -0.1) is 0 Å². The third-order valence-electron chi connectivity index (χ3n) is 3.27. The number of benzene rings is 2. The van der Waals surface area contributed by atoms with E-state index in [0.29, 0.717) is 16.9 Å². The predicted octanol–water partition coefficient (Wildman–Crippen LogP) is 2.66. The average molecular weight is 338 g/mol. The van der Waals surface area contributed by atoms with Crippen LogP contribution in [0, 0.1) is 0 Å². The average Bonchev–Trinajstić information content (AvgIpc) is 3.05. The zero-order valence-corrected chi connectivity index (χ0v) is 13.0. The van der Waals surface area contributed by atoms with Gasteiger partial charge < -0.3 is 14.3 Å². The van der Waals surface area contributed by atoms with Gasteiger partial charge in [0.1, 0.15) is 11.3 Å². The Morgan fingerprint density at radius 2 is 1.92 bits per heavy atom. The topological polar surface area (TPSA) is 101 Å². The lowest BCUT2D eigenvalue weighted by Crippen LogP contribution is -2.16. The molecule has 0 aliphatic carbocycles. The van der Waals surface area contributed by atoms with E-state index in [1.165, 1.54) is 6.21 Å². The molecular weight excluding hydrogens is 324 g/mol. The van der Waals surface area contributed by atoms with Gasteiger partial charge in [-0.3, -0.25) is 4.79 Å². The minimum atomic E-state index is -1.04. The predicted molar refractivity (Wildman–Crippen MR) is 90.8 cm³/mol. The van der Waals surface area contributed by atoms with Crippen LogP contribution in [-0.2, 0) is 4.79 Å². The molecule has 0 aliphatic heterocycles. The summed E-state index contributed by atoms with van der Waals surface area (Å²) in [5.74, 6) is -0.880. The van der Waals surface area contributed by atoms with Crippen molar-refractivity contribution in [2.75, 3.05) is 6.61 Å². The van der Waals surface area contributed by atoms with Crippen LogP contribution in [0.4, 0.5) is 0 Å². The summed E-state index contributed by atoms with van der Waals surface area (Å²) in [6.07, 6.45) is 1.46. The number of hydrogen-bond donors (Lipinski definition) is 2. The van der Waals surface area contributed by atoms with Crippen molar-refractivity contribution in [1.29, 1.82) is 0 Å². The van der Waals surface area contributed by atoms with Crippen molar-refractivity contribution in [3.63, 3.8) is 0 Å². The number of furan rings is 1. The van der Waals surface area contributed by atoms with Crippen LogP contribution in [0.15, 0.2) is 64.1 Å². The molecule has 0 spiro atoms. The highest BCUT2D eigenvalue weighted by Gasteiger charge is 2.10. The number of nitrogens with zero attached hydrogens (tertiary/aromatic N) is 1. The number of aliphatic carboxylic acids is 1. The number of nitrogens with one attached hydrogen (secondary N) is 1. The Morgan fingerprint density at radius 3 is 2.64 bits per heavy atom. The van der Waals surface area contributed by atoms with Gasteiger partial charge in [-0.25, -0.2) is 10.2 Å². The Morgan fingerprint density at radius 1 is 1.16 bits per heavy atom. The van der Waals surface area contributed by atoms with Gasteiger partial charge >= 0.3 is 11.9 Å². The summed E-state index contributed by atoms with van der Waals surface area (Å²) in [6, 6.07) is 15.6.